The van der Waals surface area contributed by atoms with E-state index in [0.29, 0.717) is 12.1 Å². The molecule has 2 rings (SSSR count). The van der Waals surface area contributed by atoms with Gasteiger partial charge in [-0.3, -0.25) is 0 Å². The molecule has 1 aliphatic heterocycles. The van der Waals surface area contributed by atoms with Crippen molar-refractivity contribution in [1.29, 1.82) is 5.26 Å². The molecule has 0 saturated carbocycles. The predicted octanol–water partition coefficient (Wildman–Crippen LogP) is 3.33. The monoisotopic (exact) mass is 214 g/mol. The summed E-state index contributed by atoms with van der Waals surface area (Å²) in [5, 5.41) is 9.15. The van der Waals surface area contributed by atoms with Crippen molar-refractivity contribution in [1.82, 2.24) is 0 Å². The number of para-hydroxylation sites is 1. The highest BCUT2D eigenvalue weighted by atomic mass is 15.2. The average molecular weight is 214 g/mol. The van der Waals surface area contributed by atoms with E-state index in [1.807, 2.05) is 18.2 Å². The maximum absolute atomic E-state index is 9.15. The summed E-state index contributed by atoms with van der Waals surface area (Å²) in [6.45, 7) is 4.48. The number of benzene rings is 1. The highest BCUT2D eigenvalue weighted by molar-refractivity contribution is 5.61. The summed E-state index contributed by atoms with van der Waals surface area (Å²) in [4.78, 5) is 2.43. The van der Waals surface area contributed by atoms with Crippen molar-refractivity contribution >= 4 is 5.69 Å². The van der Waals surface area contributed by atoms with Crippen LogP contribution in [0.4, 0.5) is 5.69 Å². The standard InChI is InChI=1S/C14H18N2/c1-3-13-9-8-11(2)16(13)14-7-5-4-6-12(14)10-15/h4-7,11,13H,3,8-9H2,1-2H3. The lowest BCUT2D eigenvalue weighted by Crippen LogP contribution is -2.34. The molecule has 0 bridgehead atoms. The van der Waals surface area contributed by atoms with Crippen LogP contribution < -0.4 is 4.90 Å². The first-order valence-corrected chi connectivity index (χ1v) is 6.05. The molecule has 84 valence electrons. The second kappa shape index (κ2) is 4.57. The SMILES string of the molecule is CCC1CCC(C)N1c1ccccc1C#N. The normalized spacial score (nSPS) is 24.4. The summed E-state index contributed by atoms with van der Waals surface area (Å²) in [7, 11) is 0. The van der Waals surface area contributed by atoms with Crippen LogP contribution in [0.15, 0.2) is 24.3 Å². The first-order chi connectivity index (χ1) is 7.77. The lowest BCUT2D eigenvalue weighted by molar-refractivity contribution is 0.627. The summed E-state index contributed by atoms with van der Waals surface area (Å²) in [5.41, 5.74) is 1.91. The molecule has 1 heterocycles. The molecule has 0 amide bonds. The van der Waals surface area contributed by atoms with E-state index in [1.54, 1.807) is 0 Å². The molecule has 0 aromatic heterocycles. The topological polar surface area (TPSA) is 27.0 Å². The number of nitrogens with zero attached hydrogens (tertiary/aromatic N) is 2. The third-order valence-electron chi connectivity index (χ3n) is 3.56. The lowest BCUT2D eigenvalue weighted by atomic mass is 10.1. The fourth-order valence-corrected chi connectivity index (χ4v) is 2.70. The van der Waals surface area contributed by atoms with Gasteiger partial charge in [0, 0.05) is 12.1 Å². The smallest absolute Gasteiger partial charge is 0.101 e. The summed E-state index contributed by atoms with van der Waals surface area (Å²) < 4.78 is 0. The van der Waals surface area contributed by atoms with Crippen LogP contribution in [-0.4, -0.2) is 12.1 Å². The molecule has 1 saturated heterocycles. The number of anilines is 1. The van der Waals surface area contributed by atoms with Crippen molar-refractivity contribution in [3.05, 3.63) is 29.8 Å². The Bertz CT molecular complexity index is 405. The molecule has 0 radical (unpaired) electrons. The van der Waals surface area contributed by atoms with Crippen LogP contribution in [0.1, 0.15) is 38.7 Å². The molecule has 2 atom stereocenters. The third kappa shape index (κ3) is 1.78. The molecule has 16 heavy (non-hydrogen) atoms. The van der Waals surface area contributed by atoms with Crippen molar-refractivity contribution in [2.24, 2.45) is 0 Å². The van der Waals surface area contributed by atoms with Crippen LogP contribution in [0.5, 0.6) is 0 Å². The molecular formula is C14H18N2. The lowest BCUT2D eigenvalue weighted by Gasteiger charge is -2.31. The Kier molecular flexibility index (Phi) is 3.14. The van der Waals surface area contributed by atoms with Gasteiger partial charge >= 0.3 is 0 Å². The van der Waals surface area contributed by atoms with Gasteiger partial charge in [-0.15, -0.1) is 0 Å². The second-order valence-corrected chi connectivity index (χ2v) is 4.52. The number of hydrogen-bond donors (Lipinski definition) is 0. The summed E-state index contributed by atoms with van der Waals surface area (Å²) in [6, 6.07) is 11.4. The van der Waals surface area contributed by atoms with E-state index in [9.17, 15) is 0 Å². The highest BCUT2D eigenvalue weighted by Crippen LogP contribution is 2.33. The van der Waals surface area contributed by atoms with E-state index >= 15 is 0 Å². The largest absolute Gasteiger partial charge is 0.365 e. The zero-order valence-corrected chi connectivity index (χ0v) is 9.98. The number of hydrogen-bond acceptors (Lipinski definition) is 2. The Morgan fingerprint density at radius 2 is 2.12 bits per heavy atom. The van der Waals surface area contributed by atoms with E-state index in [0.717, 1.165) is 17.7 Å². The quantitative estimate of drug-likeness (QED) is 0.755. The van der Waals surface area contributed by atoms with Crippen LogP contribution in [-0.2, 0) is 0 Å². The Morgan fingerprint density at radius 1 is 1.38 bits per heavy atom. The zero-order valence-electron chi connectivity index (χ0n) is 9.98. The summed E-state index contributed by atoms with van der Waals surface area (Å²) in [6.07, 6.45) is 3.64. The molecule has 2 nitrogen and oxygen atoms in total. The van der Waals surface area contributed by atoms with Crippen LogP contribution in [0.2, 0.25) is 0 Å². The van der Waals surface area contributed by atoms with Crippen molar-refractivity contribution in [2.45, 2.75) is 45.2 Å². The molecule has 0 aliphatic carbocycles. The molecule has 2 heteroatoms. The maximum Gasteiger partial charge on any atom is 0.101 e. The van der Waals surface area contributed by atoms with Crippen LogP contribution >= 0.6 is 0 Å². The first kappa shape index (κ1) is 11.0. The van der Waals surface area contributed by atoms with Gasteiger partial charge in [-0.2, -0.15) is 5.26 Å². The molecule has 0 N–H and O–H groups in total. The van der Waals surface area contributed by atoms with E-state index in [-0.39, 0.29) is 0 Å². The minimum Gasteiger partial charge on any atom is -0.365 e. The van der Waals surface area contributed by atoms with E-state index in [2.05, 4.69) is 30.9 Å². The average Bonchev–Trinajstić information content (AvgIpc) is 2.70. The van der Waals surface area contributed by atoms with Crippen molar-refractivity contribution in [3.8, 4) is 6.07 Å². The Hall–Kier alpha value is -1.49. The number of rotatable bonds is 2. The Morgan fingerprint density at radius 3 is 2.81 bits per heavy atom. The van der Waals surface area contributed by atoms with E-state index < -0.39 is 0 Å². The Balaban J connectivity index is 2.39. The third-order valence-corrected chi connectivity index (χ3v) is 3.56. The minimum atomic E-state index is 0.555. The van der Waals surface area contributed by atoms with Gasteiger partial charge < -0.3 is 4.90 Å². The molecule has 0 spiro atoms. The van der Waals surface area contributed by atoms with Gasteiger partial charge in [0.25, 0.3) is 0 Å². The molecule has 1 aliphatic rings. The van der Waals surface area contributed by atoms with Gasteiger partial charge in [0.2, 0.25) is 0 Å². The second-order valence-electron chi connectivity index (χ2n) is 4.52. The van der Waals surface area contributed by atoms with E-state index in [4.69, 9.17) is 5.26 Å². The van der Waals surface area contributed by atoms with Gasteiger partial charge in [-0.25, -0.2) is 0 Å². The van der Waals surface area contributed by atoms with Gasteiger partial charge in [-0.1, -0.05) is 19.1 Å². The molecule has 1 aromatic carbocycles. The van der Waals surface area contributed by atoms with Gasteiger partial charge in [-0.05, 0) is 38.3 Å². The molecule has 2 unspecified atom stereocenters. The maximum atomic E-state index is 9.15. The van der Waals surface area contributed by atoms with Gasteiger partial charge in [0.05, 0.1) is 11.3 Å². The zero-order chi connectivity index (χ0) is 11.5. The number of nitriles is 1. The predicted molar refractivity (Wildman–Crippen MR) is 66.4 cm³/mol. The van der Waals surface area contributed by atoms with Crippen LogP contribution in [0, 0.1) is 11.3 Å². The fraction of sp³-hybridized carbons (Fsp3) is 0.500. The van der Waals surface area contributed by atoms with Crippen molar-refractivity contribution in [2.75, 3.05) is 4.90 Å². The first-order valence-electron chi connectivity index (χ1n) is 6.05. The van der Waals surface area contributed by atoms with E-state index in [1.165, 1.54) is 12.8 Å². The molecule has 1 fully saturated rings. The Labute approximate surface area is 97.5 Å². The van der Waals surface area contributed by atoms with Crippen molar-refractivity contribution in [3.63, 3.8) is 0 Å². The van der Waals surface area contributed by atoms with Crippen LogP contribution in [0.3, 0.4) is 0 Å². The molecular weight excluding hydrogens is 196 g/mol. The summed E-state index contributed by atoms with van der Waals surface area (Å²) >= 11 is 0. The van der Waals surface area contributed by atoms with Gasteiger partial charge in [0.1, 0.15) is 6.07 Å². The van der Waals surface area contributed by atoms with Crippen molar-refractivity contribution < 1.29 is 0 Å². The fourth-order valence-electron chi connectivity index (χ4n) is 2.70. The highest BCUT2D eigenvalue weighted by Gasteiger charge is 2.30. The minimum absolute atomic E-state index is 0.555. The summed E-state index contributed by atoms with van der Waals surface area (Å²) in [5.74, 6) is 0. The molecule has 1 aromatic rings. The van der Waals surface area contributed by atoms with Crippen LogP contribution in [0.25, 0.3) is 0 Å². The van der Waals surface area contributed by atoms with Gasteiger partial charge in [0.15, 0.2) is 0 Å².